The van der Waals surface area contributed by atoms with Crippen LogP contribution in [0.3, 0.4) is 0 Å². The Kier molecular flexibility index (Phi) is 12.1. The molecule has 1 aromatic carbocycles. The molecule has 0 spiro atoms. The monoisotopic (exact) mass is 464 g/mol. The van der Waals surface area contributed by atoms with Gasteiger partial charge in [-0.1, -0.05) is 36.8 Å². The third-order valence-corrected chi connectivity index (χ3v) is 4.68. The number of amides is 4. The van der Waals surface area contributed by atoms with Crippen molar-refractivity contribution in [2.45, 2.75) is 50.2 Å². The minimum absolute atomic E-state index is 0.148. The Bertz CT molecular complexity index is 819. The van der Waals surface area contributed by atoms with E-state index in [1.54, 1.807) is 30.3 Å². The molecule has 3 atom stereocenters. The second-order valence-electron chi connectivity index (χ2n) is 7.49. The SMILES string of the molecule is NCCCCC(N)C(=O)NC(Cc1ccccc1)C(=O)NCC(=O)NC(CC(N)=O)C(=O)O. The van der Waals surface area contributed by atoms with Crippen molar-refractivity contribution in [1.82, 2.24) is 16.0 Å². The number of rotatable bonds is 15. The molecule has 0 aliphatic carbocycles. The predicted octanol–water partition coefficient (Wildman–Crippen LogP) is -2.27. The zero-order valence-electron chi connectivity index (χ0n) is 18.3. The Morgan fingerprint density at radius 1 is 0.939 bits per heavy atom. The largest absolute Gasteiger partial charge is 0.480 e. The van der Waals surface area contributed by atoms with Crippen LogP contribution >= 0.6 is 0 Å². The van der Waals surface area contributed by atoms with Gasteiger partial charge >= 0.3 is 5.97 Å². The number of nitrogens with two attached hydrogens (primary N) is 3. The number of carbonyl (C=O) groups excluding carboxylic acids is 4. The quantitative estimate of drug-likeness (QED) is 0.140. The van der Waals surface area contributed by atoms with E-state index in [-0.39, 0.29) is 6.42 Å². The third-order valence-electron chi connectivity index (χ3n) is 4.68. The zero-order valence-corrected chi connectivity index (χ0v) is 18.3. The van der Waals surface area contributed by atoms with Crippen LogP contribution in [-0.2, 0) is 30.4 Å². The van der Waals surface area contributed by atoms with Crippen molar-refractivity contribution in [3.05, 3.63) is 35.9 Å². The normalized spacial score (nSPS) is 13.3. The first-order chi connectivity index (χ1) is 15.6. The summed E-state index contributed by atoms with van der Waals surface area (Å²) in [5.74, 6) is -4.34. The van der Waals surface area contributed by atoms with Crippen molar-refractivity contribution < 1.29 is 29.1 Å². The Balaban J connectivity index is 2.76. The fraction of sp³-hybridized carbons (Fsp3) is 0.476. The molecule has 0 heterocycles. The Hall–Kier alpha value is -3.51. The highest BCUT2D eigenvalue weighted by Gasteiger charge is 2.26. The van der Waals surface area contributed by atoms with Crippen LogP contribution in [0.5, 0.6) is 0 Å². The summed E-state index contributed by atoms with van der Waals surface area (Å²) in [6.07, 6.45) is 1.34. The first-order valence-electron chi connectivity index (χ1n) is 10.5. The standard InChI is InChI=1S/C21H32N6O6/c22-9-5-4-8-14(23)19(30)27-15(10-13-6-2-1-3-7-13)20(31)25-12-18(29)26-16(21(32)33)11-17(24)28/h1-3,6-7,14-16H,4-5,8-12,22-23H2,(H2,24,28)(H,25,31)(H,26,29)(H,27,30)(H,32,33). The van der Waals surface area contributed by atoms with Gasteiger partial charge in [-0.15, -0.1) is 0 Å². The molecule has 1 rings (SSSR count). The summed E-state index contributed by atoms with van der Waals surface area (Å²) in [7, 11) is 0. The predicted molar refractivity (Wildman–Crippen MR) is 119 cm³/mol. The Morgan fingerprint density at radius 2 is 1.61 bits per heavy atom. The van der Waals surface area contributed by atoms with E-state index >= 15 is 0 Å². The van der Waals surface area contributed by atoms with Gasteiger partial charge in [-0.3, -0.25) is 19.2 Å². The fourth-order valence-corrected chi connectivity index (χ4v) is 2.91. The van der Waals surface area contributed by atoms with Crippen molar-refractivity contribution in [2.24, 2.45) is 17.2 Å². The van der Waals surface area contributed by atoms with Crippen LogP contribution in [0.2, 0.25) is 0 Å². The molecule has 0 aromatic heterocycles. The summed E-state index contributed by atoms with van der Waals surface area (Å²) >= 11 is 0. The topological polar surface area (TPSA) is 220 Å². The van der Waals surface area contributed by atoms with Gasteiger partial charge in [0.15, 0.2) is 0 Å². The summed E-state index contributed by atoms with van der Waals surface area (Å²) in [5, 5.41) is 16.1. The van der Waals surface area contributed by atoms with E-state index in [0.717, 1.165) is 12.0 Å². The maximum atomic E-state index is 12.7. The number of benzene rings is 1. The summed E-state index contributed by atoms with van der Waals surface area (Å²) in [5.41, 5.74) is 17.1. The van der Waals surface area contributed by atoms with E-state index in [1.165, 1.54) is 0 Å². The molecule has 4 amide bonds. The molecular weight excluding hydrogens is 432 g/mol. The molecule has 12 heteroatoms. The van der Waals surface area contributed by atoms with Gasteiger partial charge in [0.2, 0.25) is 23.6 Å². The molecule has 10 N–H and O–H groups in total. The van der Waals surface area contributed by atoms with E-state index in [9.17, 15) is 24.0 Å². The lowest BCUT2D eigenvalue weighted by molar-refractivity contribution is -0.143. The van der Waals surface area contributed by atoms with Crippen molar-refractivity contribution in [3.8, 4) is 0 Å². The molecular formula is C21H32N6O6. The highest BCUT2D eigenvalue weighted by Crippen LogP contribution is 2.05. The van der Waals surface area contributed by atoms with Crippen LogP contribution in [0, 0.1) is 0 Å². The fourth-order valence-electron chi connectivity index (χ4n) is 2.91. The molecule has 0 bridgehead atoms. The molecule has 0 aliphatic rings. The summed E-state index contributed by atoms with van der Waals surface area (Å²) in [4.78, 5) is 59.3. The minimum Gasteiger partial charge on any atom is -0.480 e. The second kappa shape index (κ2) is 14.5. The third kappa shape index (κ3) is 11.1. The lowest BCUT2D eigenvalue weighted by Gasteiger charge is -2.21. The van der Waals surface area contributed by atoms with Gasteiger partial charge in [0.05, 0.1) is 19.0 Å². The van der Waals surface area contributed by atoms with E-state index in [0.29, 0.717) is 19.4 Å². The average Bonchev–Trinajstić information content (AvgIpc) is 2.76. The summed E-state index contributed by atoms with van der Waals surface area (Å²) in [6, 6.07) is 5.57. The van der Waals surface area contributed by atoms with Crippen molar-refractivity contribution >= 4 is 29.6 Å². The van der Waals surface area contributed by atoms with Gasteiger partial charge in [-0.25, -0.2) is 4.79 Å². The summed E-state index contributed by atoms with van der Waals surface area (Å²) in [6.45, 7) is -0.0806. The van der Waals surface area contributed by atoms with Crippen LogP contribution in [0.25, 0.3) is 0 Å². The van der Waals surface area contributed by atoms with E-state index in [2.05, 4.69) is 16.0 Å². The van der Waals surface area contributed by atoms with E-state index in [4.69, 9.17) is 22.3 Å². The number of aliphatic carboxylic acids is 1. The van der Waals surface area contributed by atoms with Gasteiger partial charge in [0, 0.05) is 6.42 Å². The molecule has 0 saturated heterocycles. The summed E-state index contributed by atoms with van der Waals surface area (Å²) < 4.78 is 0. The van der Waals surface area contributed by atoms with Crippen LogP contribution in [0.15, 0.2) is 30.3 Å². The minimum atomic E-state index is -1.52. The Morgan fingerprint density at radius 3 is 2.18 bits per heavy atom. The van der Waals surface area contributed by atoms with Crippen molar-refractivity contribution in [3.63, 3.8) is 0 Å². The van der Waals surface area contributed by atoms with Crippen molar-refractivity contribution in [1.29, 1.82) is 0 Å². The lowest BCUT2D eigenvalue weighted by atomic mass is 10.0. The number of unbranched alkanes of at least 4 members (excludes halogenated alkanes) is 1. The van der Waals surface area contributed by atoms with E-state index in [1.807, 2.05) is 0 Å². The molecule has 3 unspecified atom stereocenters. The van der Waals surface area contributed by atoms with Crippen molar-refractivity contribution in [2.75, 3.05) is 13.1 Å². The number of carbonyl (C=O) groups is 5. The number of hydrogen-bond acceptors (Lipinski definition) is 7. The highest BCUT2D eigenvalue weighted by molar-refractivity contribution is 5.93. The molecule has 0 aliphatic heterocycles. The van der Waals surface area contributed by atoms with Gasteiger partial charge in [-0.05, 0) is 24.9 Å². The number of carboxylic acids is 1. The molecule has 182 valence electrons. The van der Waals surface area contributed by atoms with Crippen LogP contribution in [0.1, 0.15) is 31.2 Å². The lowest BCUT2D eigenvalue weighted by Crippen LogP contribution is -2.54. The van der Waals surface area contributed by atoms with Crippen LogP contribution < -0.4 is 33.2 Å². The van der Waals surface area contributed by atoms with Gasteiger partial charge in [-0.2, -0.15) is 0 Å². The number of nitrogens with one attached hydrogen (secondary N) is 3. The first-order valence-corrected chi connectivity index (χ1v) is 10.5. The second-order valence-corrected chi connectivity index (χ2v) is 7.49. The maximum Gasteiger partial charge on any atom is 0.326 e. The zero-order chi connectivity index (χ0) is 24.8. The number of carboxylic acid groups (broad SMARTS) is 1. The van der Waals surface area contributed by atoms with Gasteiger partial charge in [0.1, 0.15) is 12.1 Å². The van der Waals surface area contributed by atoms with Crippen LogP contribution in [-0.4, -0.2) is 65.9 Å². The molecule has 0 radical (unpaired) electrons. The van der Waals surface area contributed by atoms with Gasteiger partial charge in [0.25, 0.3) is 0 Å². The molecule has 1 aromatic rings. The Labute approximate surface area is 191 Å². The first kappa shape index (κ1) is 27.5. The smallest absolute Gasteiger partial charge is 0.326 e. The highest BCUT2D eigenvalue weighted by atomic mass is 16.4. The molecule has 12 nitrogen and oxygen atoms in total. The van der Waals surface area contributed by atoms with Crippen LogP contribution in [0.4, 0.5) is 0 Å². The number of primary amides is 1. The molecule has 0 fully saturated rings. The average molecular weight is 465 g/mol. The van der Waals surface area contributed by atoms with E-state index < -0.39 is 60.7 Å². The molecule has 33 heavy (non-hydrogen) atoms. The molecule has 0 saturated carbocycles. The number of hydrogen-bond donors (Lipinski definition) is 7. The maximum absolute atomic E-state index is 12.7. The van der Waals surface area contributed by atoms with Gasteiger partial charge < -0.3 is 38.3 Å².